The third-order valence-corrected chi connectivity index (χ3v) is 5.48. The van der Waals surface area contributed by atoms with Crippen molar-refractivity contribution < 1.29 is 9.21 Å². The van der Waals surface area contributed by atoms with E-state index in [4.69, 9.17) is 4.42 Å². The average molecular weight is 271 g/mol. The van der Waals surface area contributed by atoms with E-state index in [9.17, 15) is 4.79 Å². The van der Waals surface area contributed by atoms with Crippen LogP contribution >= 0.6 is 0 Å². The van der Waals surface area contributed by atoms with Gasteiger partial charge in [-0.15, -0.1) is 0 Å². The van der Waals surface area contributed by atoms with Gasteiger partial charge in [0.1, 0.15) is 5.76 Å². The zero-order valence-electron chi connectivity index (χ0n) is 11.6. The molecule has 0 saturated heterocycles. The van der Waals surface area contributed by atoms with E-state index >= 15 is 0 Å². The summed E-state index contributed by atoms with van der Waals surface area (Å²) in [7, 11) is 0. The highest BCUT2D eigenvalue weighted by atomic mass is 16.3. The standard InChI is InChI=1S/C17H21NO2/c19-16(4-3-15-2-1-5-20-15)18-17-13-7-11-6-12(9-13)10-14(17)8-11/h1-5,11-14,17H,6-10H2,(H,18,19)/b4-3+. The average Bonchev–Trinajstić information content (AvgIpc) is 2.93. The minimum Gasteiger partial charge on any atom is -0.465 e. The number of nitrogens with one attached hydrogen (secondary N) is 1. The first-order valence-electron chi connectivity index (χ1n) is 7.80. The molecule has 4 aliphatic carbocycles. The van der Waals surface area contributed by atoms with Gasteiger partial charge >= 0.3 is 0 Å². The largest absolute Gasteiger partial charge is 0.465 e. The van der Waals surface area contributed by atoms with Crippen molar-refractivity contribution >= 4 is 12.0 Å². The maximum Gasteiger partial charge on any atom is 0.244 e. The molecule has 0 aliphatic heterocycles. The van der Waals surface area contributed by atoms with E-state index in [2.05, 4.69) is 5.32 Å². The lowest BCUT2D eigenvalue weighted by Crippen LogP contribution is -2.55. The highest BCUT2D eigenvalue weighted by Gasteiger charge is 2.48. The first-order chi connectivity index (χ1) is 9.78. The lowest BCUT2D eigenvalue weighted by Gasteiger charge is -2.54. The van der Waals surface area contributed by atoms with E-state index in [1.54, 1.807) is 18.4 Å². The molecule has 4 aliphatic rings. The SMILES string of the molecule is O=C(/C=C/c1ccco1)NC1C2CC3CC(C2)CC1C3. The van der Waals surface area contributed by atoms with Crippen molar-refractivity contribution in [3.63, 3.8) is 0 Å². The van der Waals surface area contributed by atoms with Gasteiger partial charge in [0.2, 0.25) is 5.91 Å². The summed E-state index contributed by atoms with van der Waals surface area (Å²) < 4.78 is 5.20. The predicted octanol–water partition coefficient (Wildman–Crippen LogP) is 3.23. The Morgan fingerprint density at radius 2 is 1.85 bits per heavy atom. The molecule has 106 valence electrons. The predicted molar refractivity (Wildman–Crippen MR) is 76.7 cm³/mol. The molecule has 4 bridgehead atoms. The number of hydrogen-bond donors (Lipinski definition) is 1. The van der Waals surface area contributed by atoms with E-state index in [0.717, 1.165) is 29.4 Å². The van der Waals surface area contributed by atoms with Crippen molar-refractivity contribution in [2.75, 3.05) is 0 Å². The molecule has 3 heteroatoms. The summed E-state index contributed by atoms with van der Waals surface area (Å²) in [6.45, 7) is 0. The third-order valence-electron chi connectivity index (χ3n) is 5.48. The van der Waals surface area contributed by atoms with Crippen molar-refractivity contribution in [1.29, 1.82) is 0 Å². The summed E-state index contributed by atoms with van der Waals surface area (Å²) in [4.78, 5) is 12.1. The van der Waals surface area contributed by atoms with E-state index in [-0.39, 0.29) is 5.91 Å². The van der Waals surface area contributed by atoms with Gasteiger partial charge in [0.25, 0.3) is 0 Å². The quantitative estimate of drug-likeness (QED) is 0.858. The summed E-state index contributed by atoms with van der Waals surface area (Å²) in [5.41, 5.74) is 0. The van der Waals surface area contributed by atoms with Gasteiger partial charge in [0, 0.05) is 12.1 Å². The lowest BCUT2D eigenvalue weighted by atomic mass is 9.54. The number of hydrogen-bond acceptors (Lipinski definition) is 2. The van der Waals surface area contributed by atoms with Gasteiger partial charge in [-0.25, -0.2) is 0 Å². The second kappa shape index (κ2) is 4.80. The lowest BCUT2D eigenvalue weighted by molar-refractivity contribution is -0.120. The molecule has 1 aromatic heterocycles. The van der Waals surface area contributed by atoms with E-state index in [0.29, 0.717) is 6.04 Å². The Morgan fingerprint density at radius 1 is 1.15 bits per heavy atom. The molecule has 3 nitrogen and oxygen atoms in total. The minimum atomic E-state index is 0.0267. The van der Waals surface area contributed by atoms with Crippen LogP contribution in [0.25, 0.3) is 6.08 Å². The van der Waals surface area contributed by atoms with Crippen LogP contribution < -0.4 is 5.32 Å². The number of rotatable bonds is 3. The van der Waals surface area contributed by atoms with Crippen LogP contribution in [0.1, 0.15) is 37.9 Å². The van der Waals surface area contributed by atoms with Crippen LogP contribution in [0.15, 0.2) is 28.9 Å². The van der Waals surface area contributed by atoms with Gasteiger partial charge in [0.05, 0.1) is 6.26 Å². The van der Waals surface area contributed by atoms with E-state index < -0.39 is 0 Å². The first kappa shape index (κ1) is 12.2. The van der Waals surface area contributed by atoms with Gasteiger partial charge in [-0.2, -0.15) is 0 Å². The summed E-state index contributed by atoms with van der Waals surface area (Å²) >= 11 is 0. The first-order valence-corrected chi connectivity index (χ1v) is 7.80. The molecule has 0 unspecified atom stereocenters. The summed E-state index contributed by atoms with van der Waals surface area (Å²) in [6, 6.07) is 4.10. The van der Waals surface area contributed by atoms with Crippen LogP contribution in [0, 0.1) is 23.7 Å². The van der Waals surface area contributed by atoms with Crippen molar-refractivity contribution in [2.24, 2.45) is 23.7 Å². The Labute approximate surface area is 119 Å². The molecule has 4 saturated carbocycles. The normalized spacial score (nSPS) is 38.5. The molecule has 0 atom stereocenters. The van der Waals surface area contributed by atoms with Crippen LogP contribution in [-0.2, 0) is 4.79 Å². The van der Waals surface area contributed by atoms with Gasteiger partial charge < -0.3 is 9.73 Å². The van der Waals surface area contributed by atoms with E-state index in [1.165, 1.54) is 32.1 Å². The van der Waals surface area contributed by atoms with Gasteiger partial charge in [0.15, 0.2) is 0 Å². The molecule has 1 heterocycles. The molecule has 20 heavy (non-hydrogen) atoms. The summed E-state index contributed by atoms with van der Waals surface area (Å²) in [5.74, 6) is 4.11. The maximum absolute atomic E-state index is 12.1. The van der Waals surface area contributed by atoms with Gasteiger partial charge in [-0.05, 0) is 74.0 Å². The number of carbonyl (C=O) groups excluding carboxylic acids is 1. The van der Waals surface area contributed by atoms with E-state index in [1.807, 2.05) is 12.1 Å². The van der Waals surface area contributed by atoms with Crippen LogP contribution in [0.4, 0.5) is 0 Å². The molecular formula is C17H21NO2. The number of amides is 1. The highest BCUT2D eigenvalue weighted by molar-refractivity contribution is 5.91. The van der Waals surface area contributed by atoms with Crippen LogP contribution in [0.2, 0.25) is 0 Å². The summed E-state index contributed by atoms with van der Waals surface area (Å²) in [5, 5.41) is 3.26. The molecular weight excluding hydrogens is 250 g/mol. The Morgan fingerprint density at radius 3 is 2.45 bits per heavy atom. The number of furan rings is 1. The molecule has 0 radical (unpaired) electrons. The summed E-state index contributed by atoms with van der Waals surface area (Å²) in [6.07, 6.45) is 11.7. The van der Waals surface area contributed by atoms with Gasteiger partial charge in [-0.1, -0.05) is 0 Å². The Hall–Kier alpha value is -1.51. The van der Waals surface area contributed by atoms with Crippen molar-refractivity contribution in [2.45, 2.75) is 38.1 Å². The smallest absolute Gasteiger partial charge is 0.244 e. The fraction of sp³-hybridized carbons (Fsp3) is 0.588. The maximum atomic E-state index is 12.1. The minimum absolute atomic E-state index is 0.0267. The molecule has 4 fully saturated rings. The molecule has 5 rings (SSSR count). The Balaban J connectivity index is 1.40. The van der Waals surface area contributed by atoms with Crippen LogP contribution in [0.3, 0.4) is 0 Å². The fourth-order valence-electron chi connectivity index (χ4n) is 4.92. The third kappa shape index (κ3) is 2.19. The zero-order chi connectivity index (χ0) is 13.5. The van der Waals surface area contributed by atoms with Crippen molar-refractivity contribution in [3.05, 3.63) is 30.2 Å². The highest BCUT2D eigenvalue weighted by Crippen LogP contribution is 2.53. The second-order valence-electron chi connectivity index (χ2n) is 6.81. The van der Waals surface area contributed by atoms with Crippen LogP contribution in [0.5, 0.6) is 0 Å². The van der Waals surface area contributed by atoms with Crippen LogP contribution in [-0.4, -0.2) is 11.9 Å². The fourth-order valence-corrected chi connectivity index (χ4v) is 4.92. The Bertz CT molecular complexity index is 489. The Kier molecular flexibility index (Phi) is 2.94. The number of carbonyl (C=O) groups is 1. The monoisotopic (exact) mass is 271 g/mol. The molecule has 0 spiro atoms. The molecule has 1 amide bonds. The zero-order valence-corrected chi connectivity index (χ0v) is 11.6. The molecule has 0 aromatic carbocycles. The van der Waals surface area contributed by atoms with Gasteiger partial charge in [-0.3, -0.25) is 4.79 Å². The molecule has 1 N–H and O–H groups in total. The topological polar surface area (TPSA) is 42.2 Å². The van der Waals surface area contributed by atoms with Crippen molar-refractivity contribution in [3.8, 4) is 0 Å². The molecule has 1 aromatic rings. The van der Waals surface area contributed by atoms with Crippen molar-refractivity contribution in [1.82, 2.24) is 5.32 Å². The second-order valence-corrected chi connectivity index (χ2v) is 6.81.